The van der Waals surface area contributed by atoms with Crippen LogP contribution in [0.1, 0.15) is 25.7 Å². The van der Waals surface area contributed by atoms with Crippen LogP contribution in [-0.2, 0) is 4.79 Å². The summed E-state index contributed by atoms with van der Waals surface area (Å²) in [5, 5.41) is 18.8. The molecule has 0 aliphatic heterocycles. The van der Waals surface area contributed by atoms with Gasteiger partial charge in [-0.1, -0.05) is 0 Å². The molecule has 0 bridgehead atoms. The van der Waals surface area contributed by atoms with Gasteiger partial charge in [0, 0.05) is 24.1 Å². The number of carboxylic acids is 1. The second-order valence-electron chi connectivity index (χ2n) is 5.98. The van der Waals surface area contributed by atoms with Crippen molar-refractivity contribution >= 4 is 17.7 Å². The number of rotatable bonds is 4. The first-order chi connectivity index (χ1) is 11.6. The van der Waals surface area contributed by atoms with Gasteiger partial charge >= 0.3 is 12.0 Å². The highest BCUT2D eigenvalue weighted by Crippen LogP contribution is 2.24. The van der Waals surface area contributed by atoms with E-state index >= 15 is 0 Å². The van der Waals surface area contributed by atoms with Crippen LogP contribution in [0.2, 0.25) is 0 Å². The molecule has 24 heavy (non-hydrogen) atoms. The van der Waals surface area contributed by atoms with E-state index in [0.717, 1.165) is 5.69 Å². The van der Waals surface area contributed by atoms with Crippen molar-refractivity contribution in [1.29, 1.82) is 0 Å². The molecule has 7 nitrogen and oxygen atoms in total. The standard InChI is InChI=1S/C17H20N4O3/c22-16(23)12-2-4-13(5-3-12)19-17(24)20-14-6-8-15(9-7-14)21-11-1-10-18-21/h1,6-13H,2-5H2,(H,22,23)(H2,19,20,24). The third kappa shape index (κ3) is 3.92. The number of nitrogens with one attached hydrogen (secondary N) is 2. The Hall–Kier alpha value is -2.83. The summed E-state index contributed by atoms with van der Waals surface area (Å²) in [5.41, 5.74) is 1.61. The third-order valence-corrected chi connectivity index (χ3v) is 4.31. The number of aromatic nitrogens is 2. The molecule has 7 heteroatoms. The summed E-state index contributed by atoms with van der Waals surface area (Å²) >= 11 is 0. The lowest BCUT2D eigenvalue weighted by atomic mass is 9.86. The molecule has 0 spiro atoms. The highest BCUT2D eigenvalue weighted by molar-refractivity contribution is 5.89. The Morgan fingerprint density at radius 1 is 1.12 bits per heavy atom. The fourth-order valence-corrected chi connectivity index (χ4v) is 2.96. The number of anilines is 1. The first-order valence-electron chi connectivity index (χ1n) is 8.02. The number of benzene rings is 1. The van der Waals surface area contributed by atoms with Gasteiger partial charge in [-0.15, -0.1) is 0 Å². The van der Waals surface area contributed by atoms with Gasteiger partial charge in [-0.25, -0.2) is 9.48 Å². The van der Waals surface area contributed by atoms with E-state index in [1.165, 1.54) is 0 Å². The number of nitrogens with zero attached hydrogens (tertiary/aromatic N) is 2. The van der Waals surface area contributed by atoms with Gasteiger partial charge < -0.3 is 15.7 Å². The number of aliphatic carboxylic acids is 1. The molecule has 0 unspecified atom stereocenters. The van der Waals surface area contributed by atoms with Crippen LogP contribution in [0, 0.1) is 5.92 Å². The SMILES string of the molecule is O=C(Nc1ccc(-n2cccn2)cc1)NC1CCC(C(=O)O)CC1. The molecule has 1 heterocycles. The second-order valence-corrected chi connectivity index (χ2v) is 5.98. The lowest BCUT2D eigenvalue weighted by molar-refractivity contribution is -0.142. The molecular weight excluding hydrogens is 308 g/mol. The minimum Gasteiger partial charge on any atom is -0.481 e. The van der Waals surface area contributed by atoms with Crippen molar-refractivity contribution in [2.45, 2.75) is 31.7 Å². The fourth-order valence-electron chi connectivity index (χ4n) is 2.96. The van der Waals surface area contributed by atoms with Gasteiger partial charge in [0.05, 0.1) is 11.6 Å². The minimum atomic E-state index is -0.741. The van der Waals surface area contributed by atoms with Crippen molar-refractivity contribution in [3.63, 3.8) is 0 Å². The minimum absolute atomic E-state index is 0.0314. The predicted octanol–water partition coefficient (Wildman–Crippen LogP) is 2.64. The first kappa shape index (κ1) is 16.0. The summed E-state index contributed by atoms with van der Waals surface area (Å²) in [7, 11) is 0. The zero-order valence-electron chi connectivity index (χ0n) is 13.2. The van der Waals surface area contributed by atoms with Crippen LogP contribution in [0.3, 0.4) is 0 Å². The molecule has 1 aromatic carbocycles. The summed E-state index contributed by atoms with van der Waals surface area (Å²) in [6.07, 6.45) is 6.17. The quantitative estimate of drug-likeness (QED) is 0.804. The predicted molar refractivity (Wildman–Crippen MR) is 89.1 cm³/mol. The van der Waals surface area contributed by atoms with Crippen LogP contribution >= 0.6 is 0 Å². The van der Waals surface area contributed by atoms with Crippen molar-refractivity contribution in [2.75, 3.05) is 5.32 Å². The van der Waals surface area contributed by atoms with Crippen molar-refractivity contribution in [1.82, 2.24) is 15.1 Å². The average molecular weight is 328 g/mol. The molecule has 1 aliphatic rings. The van der Waals surface area contributed by atoms with Gasteiger partial charge in [0.15, 0.2) is 0 Å². The Labute approximate surface area is 139 Å². The van der Waals surface area contributed by atoms with Crippen molar-refractivity contribution in [2.24, 2.45) is 5.92 Å². The highest BCUT2D eigenvalue weighted by Gasteiger charge is 2.26. The van der Waals surface area contributed by atoms with Crippen LogP contribution in [0.4, 0.5) is 10.5 Å². The molecule has 0 radical (unpaired) electrons. The molecule has 1 saturated carbocycles. The first-order valence-corrected chi connectivity index (χ1v) is 8.02. The second kappa shape index (κ2) is 7.16. The summed E-state index contributed by atoms with van der Waals surface area (Å²) in [4.78, 5) is 23.0. The molecule has 3 N–H and O–H groups in total. The zero-order valence-corrected chi connectivity index (χ0v) is 13.2. The van der Waals surface area contributed by atoms with Crippen molar-refractivity contribution in [3.05, 3.63) is 42.7 Å². The molecule has 0 atom stereocenters. The van der Waals surface area contributed by atoms with E-state index < -0.39 is 5.97 Å². The fraction of sp³-hybridized carbons (Fsp3) is 0.353. The number of amides is 2. The number of hydrogen-bond donors (Lipinski definition) is 3. The smallest absolute Gasteiger partial charge is 0.319 e. The molecular formula is C17H20N4O3. The van der Waals surface area contributed by atoms with E-state index in [1.54, 1.807) is 10.9 Å². The number of hydrogen-bond acceptors (Lipinski definition) is 3. The number of carboxylic acid groups (broad SMARTS) is 1. The molecule has 0 saturated heterocycles. The Kier molecular flexibility index (Phi) is 4.79. The maximum atomic E-state index is 12.1. The Morgan fingerprint density at radius 2 is 1.83 bits per heavy atom. The van der Waals surface area contributed by atoms with Crippen LogP contribution in [0.15, 0.2) is 42.7 Å². The molecule has 1 aromatic heterocycles. The van der Waals surface area contributed by atoms with Gasteiger partial charge in [0.2, 0.25) is 0 Å². The maximum Gasteiger partial charge on any atom is 0.319 e. The molecule has 2 aromatic rings. The van der Waals surface area contributed by atoms with Crippen LogP contribution in [-0.4, -0.2) is 32.9 Å². The number of carbonyl (C=O) groups is 2. The van der Waals surface area contributed by atoms with Crippen molar-refractivity contribution in [3.8, 4) is 5.69 Å². The summed E-state index contributed by atoms with van der Waals surface area (Å²) in [5.74, 6) is -1.02. The van der Waals surface area contributed by atoms with E-state index in [4.69, 9.17) is 5.11 Å². The normalized spacial score (nSPS) is 20.3. The molecule has 2 amide bonds. The molecule has 3 rings (SSSR count). The summed E-state index contributed by atoms with van der Waals surface area (Å²) < 4.78 is 1.74. The van der Waals surface area contributed by atoms with Crippen molar-refractivity contribution < 1.29 is 14.7 Å². The molecule has 1 aliphatic carbocycles. The Morgan fingerprint density at radius 3 is 2.42 bits per heavy atom. The maximum absolute atomic E-state index is 12.1. The lowest BCUT2D eigenvalue weighted by Gasteiger charge is -2.26. The van der Waals surface area contributed by atoms with Gasteiger partial charge in [0.1, 0.15) is 0 Å². The van der Waals surface area contributed by atoms with E-state index in [1.807, 2.05) is 36.5 Å². The molecule has 126 valence electrons. The summed E-state index contributed by atoms with van der Waals surface area (Å²) in [6, 6.07) is 9.00. The highest BCUT2D eigenvalue weighted by atomic mass is 16.4. The van der Waals surface area contributed by atoms with Gasteiger partial charge in [-0.05, 0) is 56.0 Å². The van der Waals surface area contributed by atoms with Gasteiger partial charge in [0.25, 0.3) is 0 Å². The number of carbonyl (C=O) groups excluding carboxylic acids is 1. The van der Waals surface area contributed by atoms with E-state index in [9.17, 15) is 9.59 Å². The van der Waals surface area contributed by atoms with E-state index in [2.05, 4.69) is 15.7 Å². The number of urea groups is 1. The van der Waals surface area contributed by atoms with Crippen LogP contribution in [0.25, 0.3) is 5.69 Å². The third-order valence-electron chi connectivity index (χ3n) is 4.31. The Balaban J connectivity index is 1.49. The largest absolute Gasteiger partial charge is 0.481 e. The monoisotopic (exact) mass is 328 g/mol. The molecule has 1 fully saturated rings. The van der Waals surface area contributed by atoms with Crippen LogP contribution in [0.5, 0.6) is 0 Å². The summed E-state index contributed by atoms with van der Waals surface area (Å²) in [6.45, 7) is 0. The van der Waals surface area contributed by atoms with E-state index in [0.29, 0.717) is 31.4 Å². The lowest BCUT2D eigenvalue weighted by Crippen LogP contribution is -2.40. The Bertz CT molecular complexity index is 689. The topological polar surface area (TPSA) is 96.3 Å². The van der Waals surface area contributed by atoms with Gasteiger partial charge in [-0.3, -0.25) is 4.79 Å². The zero-order chi connectivity index (χ0) is 16.9. The van der Waals surface area contributed by atoms with Crippen LogP contribution < -0.4 is 10.6 Å². The van der Waals surface area contributed by atoms with Gasteiger partial charge in [-0.2, -0.15) is 5.10 Å². The van der Waals surface area contributed by atoms with E-state index in [-0.39, 0.29) is 18.0 Å². The average Bonchev–Trinajstić information content (AvgIpc) is 3.10.